The highest BCUT2D eigenvalue weighted by atomic mass is 19.4. The van der Waals surface area contributed by atoms with Gasteiger partial charge in [-0.25, -0.2) is 4.98 Å². The number of nitrogens with zero attached hydrogens (tertiary/aromatic N) is 2. The van der Waals surface area contributed by atoms with Gasteiger partial charge in [0, 0.05) is 11.7 Å². The van der Waals surface area contributed by atoms with Crippen LogP contribution in [0.1, 0.15) is 41.9 Å². The van der Waals surface area contributed by atoms with Crippen molar-refractivity contribution in [2.45, 2.75) is 44.8 Å². The molecule has 1 aromatic heterocycles. The van der Waals surface area contributed by atoms with Crippen LogP contribution in [-0.4, -0.2) is 34.6 Å². The molecule has 0 N–H and O–H groups in total. The first-order valence-corrected chi connectivity index (χ1v) is 6.68. The molecule has 0 aliphatic heterocycles. The van der Waals surface area contributed by atoms with Crippen molar-refractivity contribution in [2.24, 2.45) is 0 Å². The Hall–Kier alpha value is -1.59. The number of aromatic nitrogens is 1. The molecular weight excluding hydrogens is 269 g/mol. The molecule has 1 aromatic rings. The molecule has 0 aromatic carbocycles. The van der Waals surface area contributed by atoms with E-state index in [1.54, 1.807) is 19.1 Å². The van der Waals surface area contributed by atoms with Gasteiger partial charge in [-0.05, 0) is 31.9 Å². The number of pyridine rings is 1. The van der Waals surface area contributed by atoms with Crippen molar-refractivity contribution < 1.29 is 18.0 Å². The topological polar surface area (TPSA) is 33.2 Å². The fraction of sp³-hybridized carbons (Fsp3) is 0.571. The maximum atomic E-state index is 12.7. The smallest absolute Gasteiger partial charge is 0.325 e. The van der Waals surface area contributed by atoms with Crippen molar-refractivity contribution >= 4 is 5.91 Å². The number of alkyl halides is 3. The van der Waals surface area contributed by atoms with Crippen LogP contribution in [-0.2, 0) is 0 Å². The van der Waals surface area contributed by atoms with Gasteiger partial charge in [-0.2, -0.15) is 13.2 Å². The summed E-state index contributed by atoms with van der Waals surface area (Å²) in [5.74, 6) is -0.627. The Bertz CT molecular complexity index is 482. The second-order valence-electron chi connectivity index (χ2n) is 5.15. The third-order valence-electron chi connectivity index (χ3n) is 3.48. The highest BCUT2D eigenvalue weighted by Gasteiger charge is 2.38. The number of rotatable bonds is 3. The zero-order chi connectivity index (χ0) is 14.8. The lowest BCUT2D eigenvalue weighted by Crippen LogP contribution is -2.45. The number of carbonyl (C=O) groups excluding carboxylic acids is 1. The molecule has 0 spiro atoms. The van der Waals surface area contributed by atoms with Gasteiger partial charge in [-0.15, -0.1) is 0 Å². The van der Waals surface area contributed by atoms with E-state index < -0.39 is 18.6 Å². The third kappa shape index (κ3) is 3.71. The van der Waals surface area contributed by atoms with E-state index in [1.807, 2.05) is 0 Å². The summed E-state index contributed by atoms with van der Waals surface area (Å²) in [4.78, 5) is 17.3. The van der Waals surface area contributed by atoms with E-state index in [4.69, 9.17) is 0 Å². The van der Waals surface area contributed by atoms with Gasteiger partial charge < -0.3 is 4.90 Å². The Morgan fingerprint density at radius 3 is 2.55 bits per heavy atom. The predicted molar refractivity (Wildman–Crippen MR) is 68.3 cm³/mol. The first kappa shape index (κ1) is 14.8. The number of carbonyl (C=O) groups is 1. The lowest BCUT2D eigenvalue weighted by atomic mass is 10.2. The van der Waals surface area contributed by atoms with Crippen LogP contribution in [0.5, 0.6) is 0 Å². The van der Waals surface area contributed by atoms with Gasteiger partial charge in [0.1, 0.15) is 12.2 Å². The van der Waals surface area contributed by atoms with Crippen molar-refractivity contribution in [2.75, 3.05) is 6.54 Å². The number of aryl methyl sites for hydroxylation is 1. The predicted octanol–water partition coefficient (Wildman–Crippen LogP) is 3.34. The fourth-order valence-corrected chi connectivity index (χ4v) is 2.59. The Morgan fingerprint density at radius 2 is 2.00 bits per heavy atom. The van der Waals surface area contributed by atoms with Crippen molar-refractivity contribution in [3.8, 4) is 0 Å². The lowest BCUT2D eigenvalue weighted by molar-refractivity contribution is -0.144. The average molecular weight is 286 g/mol. The van der Waals surface area contributed by atoms with Gasteiger partial charge >= 0.3 is 6.18 Å². The van der Waals surface area contributed by atoms with Crippen molar-refractivity contribution in [3.63, 3.8) is 0 Å². The van der Waals surface area contributed by atoms with Crippen molar-refractivity contribution in [1.29, 1.82) is 0 Å². The zero-order valence-corrected chi connectivity index (χ0v) is 11.3. The van der Waals surface area contributed by atoms with E-state index in [0.717, 1.165) is 17.7 Å². The maximum absolute atomic E-state index is 12.7. The van der Waals surface area contributed by atoms with Gasteiger partial charge in [0.15, 0.2) is 0 Å². The maximum Gasteiger partial charge on any atom is 0.406 e. The Balaban J connectivity index is 2.23. The molecule has 6 heteroatoms. The summed E-state index contributed by atoms with van der Waals surface area (Å²) in [6, 6.07) is 4.48. The van der Waals surface area contributed by atoms with E-state index in [0.29, 0.717) is 18.5 Å². The minimum absolute atomic E-state index is 0.0844. The molecule has 1 saturated carbocycles. The second kappa shape index (κ2) is 5.81. The van der Waals surface area contributed by atoms with Crippen LogP contribution in [0.3, 0.4) is 0 Å². The second-order valence-corrected chi connectivity index (χ2v) is 5.15. The summed E-state index contributed by atoms with van der Waals surface area (Å²) >= 11 is 0. The molecule has 1 aliphatic rings. The molecule has 0 atom stereocenters. The lowest BCUT2D eigenvalue weighted by Gasteiger charge is -2.29. The van der Waals surface area contributed by atoms with Gasteiger partial charge in [-0.3, -0.25) is 4.79 Å². The average Bonchev–Trinajstić information content (AvgIpc) is 2.87. The molecule has 1 heterocycles. The van der Waals surface area contributed by atoms with Gasteiger partial charge in [0.05, 0.1) is 0 Å². The molecule has 0 unspecified atom stereocenters. The van der Waals surface area contributed by atoms with Crippen LogP contribution in [0.25, 0.3) is 0 Å². The molecule has 3 nitrogen and oxygen atoms in total. The highest BCUT2D eigenvalue weighted by molar-refractivity contribution is 5.92. The molecule has 1 amide bonds. The molecule has 1 fully saturated rings. The van der Waals surface area contributed by atoms with E-state index in [1.165, 1.54) is 6.07 Å². The van der Waals surface area contributed by atoms with Crippen molar-refractivity contribution in [3.05, 3.63) is 29.6 Å². The molecular formula is C14H17F3N2O. The Kier molecular flexibility index (Phi) is 4.30. The summed E-state index contributed by atoms with van der Waals surface area (Å²) < 4.78 is 38.1. The number of hydrogen-bond donors (Lipinski definition) is 0. The normalized spacial score (nSPS) is 16.4. The van der Waals surface area contributed by atoms with Crippen LogP contribution in [0.15, 0.2) is 18.2 Å². The summed E-state index contributed by atoms with van der Waals surface area (Å²) in [5, 5.41) is 0. The minimum atomic E-state index is -4.39. The quantitative estimate of drug-likeness (QED) is 0.854. The SMILES string of the molecule is Cc1cccc(C(=O)N(CC(F)(F)F)C2CCCC2)n1. The number of amides is 1. The van der Waals surface area contributed by atoms with Crippen LogP contribution < -0.4 is 0 Å². The molecule has 0 bridgehead atoms. The van der Waals surface area contributed by atoms with E-state index in [2.05, 4.69) is 4.98 Å². The monoisotopic (exact) mass is 286 g/mol. The van der Waals surface area contributed by atoms with Crippen LogP contribution >= 0.6 is 0 Å². The Labute approximate surface area is 115 Å². The van der Waals surface area contributed by atoms with E-state index in [-0.39, 0.29) is 11.7 Å². The third-order valence-corrected chi connectivity index (χ3v) is 3.48. The summed E-state index contributed by atoms with van der Waals surface area (Å²) in [6.45, 7) is 0.507. The zero-order valence-electron chi connectivity index (χ0n) is 11.3. The van der Waals surface area contributed by atoms with Crippen LogP contribution in [0.2, 0.25) is 0 Å². The number of hydrogen-bond acceptors (Lipinski definition) is 2. The molecule has 20 heavy (non-hydrogen) atoms. The molecule has 0 radical (unpaired) electrons. The molecule has 0 saturated heterocycles. The highest BCUT2D eigenvalue weighted by Crippen LogP contribution is 2.28. The summed E-state index contributed by atoms with van der Waals surface area (Å²) in [5.41, 5.74) is 0.704. The summed E-state index contributed by atoms with van der Waals surface area (Å²) in [7, 11) is 0. The molecule has 110 valence electrons. The van der Waals surface area contributed by atoms with E-state index in [9.17, 15) is 18.0 Å². The van der Waals surface area contributed by atoms with Crippen LogP contribution in [0, 0.1) is 6.92 Å². The molecule has 2 rings (SSSR count). The fourth-order valence-electron chi connectivity index (χ4n) is 2.59. The van der Waals surface area contributed by atoms with Crippen LogP contribution in [0.4, 0.5) is 13.2 Å². The Morgan fingerprint density at radius 1 is 1.35 bits per heavy atom. The van der Waals surface area contributed by atoms with Gasteiger partial charge in [0.2, 0.25) is 0 Å². The standard InChI is InChI=1S/C14H17F3N2O/c1-10-5-4-8-12(18-10)13(20)19(9-14(15,16)17)11-6-2-3-7-11/h4-5,8,11H,2-3,6-7,9H2,1H3. The minimum Gasteiger partial charge on any atom is -0.325 e. The van der Waals surface area contributed by atoms with Gasteiger partial charge in [-0.1, -0.05) is 18.9 Å². The largest absolute Gasteiger partial charge is 0.406 e. The first-order chi connectivity index (χ1) is 9.37. The van der Waals surface area contributed by atoms with E-state index >= 15 is 0 Å². The number of halogens is 3. The van der Waals surface area contributed by atoms with Crippen molar-refractivity contribution in [1.82, 2.24) is 9.88 Å². The summed E-state index contributed by atoms with van der Waals surface area (Å²) in [6.07, 6.45) is -1.38. The van der Waals surface area contributed by atoms with Gasteiger partial charge in [0.25, 0.3) is 5.91 Å². The first-order valence-electron chi connectivity index (χ1n) is 6.68. The molecule has 1 aliphatic carbocycles.